The van der Waals surface area contributed by atoms with Crippen LogP contribution in [0.15, 0.2) is 12.2 Å². The van der Waals surface area contributed by atoms with Crippen LogP contribution in [0.1, 0.15) is 77.6 Å². The summed E-state index contributed by atoms with van der Waals surface area (Å²) < 4.78 is 4.66. The van der Waals surface area contributed by atoms with Crippen LogP contribution in [0.2, 0.25) is 0 Å². The van der Waals surface area contributed by atoms with Gasteiger partial charge in [0.25, 0.3) is 0 Å². The SMILES string of the molecule is CCCCCCC=C[C@H]1CCC[C@@H]1CCSCCCC(=O)OC. The van der Waals surface area contributed by atoms with Crippen molar-refractivity contribution in [1.29, 1.82) is 0 Å². The highest BCUT2D eigenvalue weighted by atomic mass is 32.2. The topological polar surface area (TPSA) is 26.3 Å². The van der Waals surface area contributed by atoms with Gasteiger partial charge in [0.2, 0.25) is 0 Å². The van der Waals surface area contributed by atoms with Crippen LogP contribution in [0.3, 0.4) is 0 Å². The molecule has 0 aromatic carbocycles. The number of carbonyl (C=O) groups excluding carboxylic acids is 1. The number of methoxy groups -OCH3 is 1. The van der Waals surface area contributed by atoms with Crippen molar-refractivity contribution in [3.63, 3.8) is 0 Å². The zero-order valence-electron chi connectivity index (χ0n) is 15.2. The van der Waals surface area contributed by atoms with Gasteiger partial charge >= 0.3 is 5.97 Å². The Morgan fingerprint density at radius 2 is 2.04 bits per heavy atom. The third-order valence-corrected chi connectivity index (χ3v) is 5.96. The minimum Gasteiger partial charge on any atom is -0.469 e. The van der Waals surface area contributed by atoms with Gasteiger partial charge in [-0.3, -0.25) is 4.79 Å². The Morgan fingerprint density at radius 3 is 2.83 bits per heavy atom. The molecule has 1 aliphatic rings. The van der Waals surface area contributed by atoms with Gasteiger partial charge in [0.1, 0.15) is 0 Å². The van der Waals surface area contributed by atoms with E-state index < -0.39 is 0 Å². The van der Waals surface area contributed by atoms with Crippen LogP contribution in [-0.2, 0) is 9.53 Å². The van der Waals surface area contributed by atoms with Crippen LogP contribution < -0.4 is 0 Å². The minimum absolute atomic E-state index is 0.0782. The van der Waals surface area contributed by atoms with Crippen LogP contribution in [0.25, 0.3) is 0 Å². The van der Waals surface area contributed by atoms with E-state index in [2.05, 4.69) is 23.8 Å². The van der Waals surface area contributed by atoms with Crippen molar-refractivity contribution in [2.24, 2.45) is 11.8 Å². The predicted molar refractivity (Wildman–Crippen MR) is 102 cm³/mol. The lowest BCUT2D eigenvalue weighted by Gasteiger charge is -2.16. The molecule has 1 fully saturated rings. The number of ether oxygens (including phenoxy) is 1. The molecule has 0 N–H and O–H groups in total. The lowest BCUT2D eigenvalue weighted by Crippen LogP contribution is -2.07. The average molecular weight is 341 g/mol. The zero-order chi connectivity index (χ0) is 16.8. The van der Waals surface area contributed by atoms with Crippen LogP contribution in [-0.4, -0.2) is 24.6 Å². The van der Waals surface area contributed by atoms with Crippen molar-refractivity contribution < 1.29 is 9.53 Å². The molecule has 0 aliphatic heterocycles. The Hall–Kier alpha value is -0.440. The molecular formula is C20H36O2S. The van der Waals surface area contributed by atoms with Crippen molar-refractivity contribution in [1.82, 2.24) is 0 Å². The van der Waals surface area contributed by atoms with Crippen molar-refractivity contribution in [2.45, 2.75) is 77.6 Å². The predicted octanol–water partition coefficient (Wildman–Crippen LogP) is 6.01. The van der Waals surface area contributed by atoms with Crippen LogP contribution >= 0.6 is 11.8 Å². The van der Waals surface area contributed by atoms with E-state index in [1.807, 2.05) is 11.8 Å². The molecule has 2 atom stereocenters. The van der Waals surface area contributed by atoms with Gasteiger partial charge in [-0.2, -0.15) is 11.8 Å². The number of hydrogen-bond donors (Lipinski definition) is 0. The molecule has 23 heavy (non-hydrogen) atoms. The molecule has 0 spiro atoms. The molecule has 2 nitrogen and oxygen atoms in total. The minimum atomic E-state index is -0.0782. The van der Waals surface area contributed by atoms with Gasteiger partial charge in [-0.15, -0.1) is 0 Å². The van der Waals surface area contributed by atoms with Gasteiger partial charge in [0.05, 0.1) is 7.11 Å². The van der Waals surface area contributed by atoms with Gasteiger partial charge in [-0.05, 0) is 61.9 Å². The second-order valence-electron chi connectivity index (χ2n) is 6.71. The number of esters is 1. The maximum Gasteiger partial charge on any atom is 0.305 e. The summed E-state index contributed by atoms with van der Waals surface area (Å²) in [5.41, 5.74) is 0. The van der Waals surface area contributed by atoms with Gasteiger partial charge in [-0.25, -0.2) is 0 Å². The molecule has 0 amide bonds. The molecule has 134 valence electrons. The molecular weight excluding hydrogens is 304 g/mol. The molecule has 1 aliphatic carbocycles. The summed E-state index contributed by atoms with van der Waals surface area (Å²) in [6, 6.07) is 0. The summed E-state index contributed by atoms with van der Waals surface area (Å²) in [5.74, 6) is 3.98. The molecule has 1 saturated carbocycles. The number of thioether (sulfide) groups is 1. The Bertz CT molecular complexity index is 328. The Kier molecular flexibility index (Phi) is 12.5. The maximum absolute atomic E-state index is 11.0. The summed E-state index contributed by atoms with van der Waals surface area (Å²) in [6.07, 6.45) is 18.7. The van der Waals surface area contributed by atoms with Crippen LogP contribution in [0, 0.1) is 11.8 Å². The lowest BCUT2D eigenvalue weighted by molar-refractivity contribution is -0.140. The number of allylic oxidation sites excluding steroid dienone is 2. The third kappa shape index (κ3) is 10.1. The highest BCUT2D eigenvalue weighted by molar-refractivity contribution is 7.99. The number of rotatable bonds is 13. The second-order valence-corrected chi connectivity index (χ2v) is 7.94. The molecule has 0 bridgehead atoms. The maximum atomic E-state index is 11.0. The first kappa shape index (κ1) is 20.6. The summed E-state index contributed by atoms with van der Waals surface area (Å²) in [4.78, 5) is 11.0. The summed E-state index contributed by atoms with van der Waals surface area (Å²) in [7, 11) is 1.47. The molecule has 0 aromatic heterocycles. The van der Waals surface area contributed by atoms with Crippen molar-refractivity contribution in [2.75, 3.05) is 18.6 Å². The Morgan fingerprint density at radius 1 is 1.17 bits per heavy atom. The molecule has 0 saturated heterocycles. The Balaban J connectivity index is 2.06. The van der Waals surface area contributed by atoms with Crippen LogP contribution in [0.5, 0.6) is 0 Å². The van der Waals surface area contributed by atoms with Gasteiger partial charge < -0.3 is 4.74 Å². The lowest BCUT2D eigenvalue weighted by atomic mass is 9.93. The highest BCUT2D eigenvalue weighted by Crippen LogP contribution is 2.36. The quantitative estimate of drug-likeness (QED) is 0.233. The standard InChI is InChI=1S/C20H36O2S/c1-3-4-5-6-7-8-11-18-12-9-13-19(18)15-17-23-16-10-14-20(21)22-2/h8,11,18-19H,3-7,9-10,12-17H2,1-2H3/t18-,19+/m0/s1. The largest absolute Gasteiger partial charge is 0.469 e. The van der Waals surface area contributed by atoms with E-state index in [0.29, 0.717) is 6.42 Å². The average Bonchev–Trinajstić information content (AvgIpc) is 3.01. The Labute approximate surface area is 147 Å². The monoisotopic (exact) mass is 340 g/mol. The summed E-state index contributed by atoms with van der Waals surface area (Å²) in [5, 5.41) is 0. The summed E-state index contributed by atoms with van der Waals surface area (Å²) in [6.45, 7) is 2.27. The van der Waals surface area contributed by atoms with E-state index in [0.717, 1.165) is 24.0 Å². The highest BCUT2D eigenvalue weighted by Gasteiger charge is 2.24. The van der Waals surface area contributed by atoms with Crippen molar-refractivity contribution in [3.05, 3.63) is 12.2 Å². The van der Waals surface area contributed by atoms with E-state index in [1.54, 1.807) is 0 Å². The zero-order valence-corrected chi connectivity index (χ0v) is 16.0. The van der Waals surface area contributed by atoms with E-state index in [-0.39, 0.29) is 5.97 Å². The smallest absolute Gasteiger partial charge is 0.305 e. The molecule has 0 unspecified atom stereocenters. The first-order valence-electron chi connectivity index (χ1n) is 9.59. The van der Waals surface area contributed by atoms with Crippen molar-refractivity contribution in [3.8, 4) is 0 Å². The van der Waals surface area contributed by atoms with E-state index in [1.165, 1.54) is 70.7 Å². The fraction of sp³-hybridized carbons (Fsp3) is 0.850. The fourth-order valence-electron chi connectivity index (χ4n) is 3.39. The van der Waals surface area contributed by atoms with Crippen LogP contribution in [0.4, 0.5) is 0 Å². The number of unbranched alkanes of at least 4 members (excludes halogenated alkanes) is 4. The normalized spacial score (nSPS) is 21.1. The summed E-state index contributed by atoms with van der Waals surface area (Å²) >= 11 is 2.00. The molecule has 0 radical (unpaired) electrons. The number of carbonyl (C=O) groups is 1. The van der Waals surface area contributed by atoms with E-state index in [4.69, 9.17) is 0 Å². The van der Waals surface area contributed by atoms with E-state index >= 15 is 0 Å². The van der Waals surface area contributed by atoms with Gasteiger partial charge in [0, 0.05) is 6.42 Å². The fourth-order valence-corrected chi connectivity index (χ4v) is 4.42. The molecule has 1 rings (SSSR count). The first-order valence-corrected chi connectivity index (χ1v) is 10.7. The second kappa shape index (κ2) is 13.9. The third-order valence-electron chi connectivity index (χ3n) is 4.86. The van der Waals surface area contributed by atoms with Gasteiger partial charge in [-0.1, -0.05) is 44.8 Å². The first-order chi connectivity index (χ1) is 11.3. The van der Waals surface area contributed by atoms with E-state index in [9.17, 15) is 4.79 Å². The van der Waals surface area contributed by atoms with Gasteiger partial charge in [0.15, 0.2) is 0 Å². The molecule has 0 heterocycles. The van der Waals surface area contributed by atoms with Crippen molar-refractivity contribution >= 4 is 17.7 Å². The molecule has 0 aromatic rings. The molecule has 3 heteroatoms. The number of hydrogen-bond acceptors (Lipinski definition) is 3.